The first-order valence-electron chi connectivity index (χ1n) is 5.28. The molecule has 1 aromatic carbocycles. The number of amides is 2. The molecule has 0 saturated carbocycles. The number of hydrogen-bond acceptors (Lipinski definition) is 3. The molecule has 0 fully saturated rings. The van der Waals surface area contributed by atoms with Gasteiger partial charge in [0.15, 0.2) is 11.6 Å². The maximum Gasteiger partial charge on any atom is 0.271 e. The van der Waals surface area contributed by atoms with Crippen LogP contribution in [0.25, 0.3) is 0 Å². The van der Waals surface area contributed by atoms with Crippen LogP contribution >= 0.6 is 0 Å². The minimum absolute atomic E-state index is 0.0243. The van der Waals surface area contributed by atoms with Gasteiger partial charge in [-0.3, -0.25) is 9.59 Å². The Balaban J connectivity index is 2.15. The van der Waals surface area contributed by atoms with Crippen molar-refractivity contribution in [3.8, 4) is 0 Å². The van der Waals surface area contributed by atoms with Gasteiger partial charge < -0.3 is 5.32 Å². The Kier molecular flexibility index (Phi) is 3.50. The summed E-state index contributed by atoms with van der Waals surface area (Å²) in [5, 5.41) is 5.55. The lowest BCUT2D eigenvalue weighted by molar-refractivity contribution is -0.121. The quantitative estimate of drug-likeness (QED) is 0.796. The molecule has 5 nitrogen and oxygen atoms in total. The number of hydrogen-bond donors (Lipinski definition) is 2. The van der Waals surface area contributed by atoms with Gasteiger partial charge in [0, 0.05) is 25.0 Å². The predicted octanol–water partition coefficient (Wildman–Crippen LogP) is 1.31. The highest BCUT2D eigenvalue weighted by Gasteiger charge is 2.20. The molecule has 1 aromatic rings. The van der Waals surface area contributed by atoms with Crippen LogP contribution in [-0.4, -0.2) is 17.5 Å². The van der Waals surface area contributed by atoms with Gasteiger partial charge in [-0.15, -0.1) is 0 Å². The molecule has 0 aromatic heterocycles. The second kappa shape index (κ2) is 5.09. The van der Waals surface area contributed by atoms with Crippen molar-refractivity contribution >= 4 is 23.2 Å². The third-order valence-corrected chi connectivity index (χ3v) is 2.42. The van der Waals surface area contributed by atoms with Crippen molar-refractivity contribution in [2.24, 2.45) is 5.10 Å². The summed E-state index contributed by atoms with van der Waals surface area (Å²) in [6.45, 7) is 0. The number of nitrogens with zero attached hydrogens (tertiary/aromatic N) is 1. The predicted molar refractivity (Wildman–Crippen MR) is 59.8 cm³/mol. The van der Waals surface area contributed by atoms with E-state index in [2.05, 4.69) is 15.8 Å². The molecular weight excluding hydrogens is 263 g/mol. The lowest BCUT2D eigenvalue weighted by Crippen LogP contribution is -2.33. The molecule has 19 heavy (non-hydrogen) atoms. The molecule has 100 valence electrons. The van der Waals surface area contributed by atoms with Crippen molar-refractivity contribution in [1.82, 2.24) is 5.43 Å². The first-order chi connectivity index (χ1) is 8.97. The molecule has 0 unspecified atom stereocenters. The normalized spacial score (nSPS) is 14.7. The molecule has 0 atom stereocenters. The standard InChI is InChI=1S/C11H8F3N3O2/c12-5-3-7(14)9(4-6(5)13)15-11(19)8-1-2-10(18)17-16-8/h3-4H,1-2H2,(H,15,19)(H,17,18). The number of carbonyl (C=O) groups is 2. The van der Waals surface area contributed by atoms with Crippen molar-refractivity contribution < 1.29 is 22.8 Å². The van der Waals surface area contributed by atoms with E-state index in [4.69, 9.17) is 0 Å². The third kappa shape index (κ3) is 2.90. The van der Waals surface area contributed by atoms with E-state index in [1.165, 1.54) is 0 Å². The number of rotatable bonds is 2. The summed E-state index contributed by atoms with van der Waals surface area (Å²) in [4.78, 5) is 22.5. The van der Waals surface area contributed by atoms with Crippen LogP contribution in [0.2, 0.25) is 0 Å². The highest BCUT2D eigenvalue weighted by Crippen LogP contribution is 2.18. The van der Waals surface area contributed by atoms with Gasteiger partial charge in [-0.1, -0.05) is 0 Å². The van der Waals surface area contributed by atoms with E-state index in [9.17, 15) is 22.8 Å². The van der Waals surface area contributed by atoms with Crippen LogP contribution in [-0.2, 0) is 9.59 Å². The Hall–Kier alpha value is -2.38. The Morgan fingerprint density at radius 3 is 2.47 bits per heavy atom. The second-order valence-corrected chi connectivity index (χ2v) is 3.79. The summed E-state index contributed by atoms with van der Waals surface area (Å²) < 4.78 is 38.9. The lowest BCUT2D eigenvalue weighted by Gasteiger charge is -2.12. The summed E-state index contributed by atoms with van der Waals surface area (Å²) in [7, 11) is 0. The third-order valence-electron chi connectivity index (χ3n) is 2.42. The molecular formula is C11H8F3N3O2. The van der Waals surface area contributed by atoms with E-state index in [0.717, 1.165) is 0 Å². The highest BCUT2D eigenvalue weighted by molar-refractivity contribution is 6.43. The van der Waals surface area contributed by atoms with Crippen LogP contribution in [0.15, 0.2) is 17.2 Å². The molecule has 1 aliphatic rings. The zero-order valence-corrected chi connectivity index (χ0v) is 9.47. The maximum absolute atomic E-state index is 13.3. The fourth-order valence-electron chi connectivity index (χ4n) is 1.45. The van der Waals surface area contributed by atoms with Crippen molar-refractivity contribution in [3.63, 3.8) is 0 Å². The number of halogens is 3. The number of anilines is 1. The minimum Gasteiger partial charge on any atom is -0.318 e. The Morgan fingerprint density at radius 1 is 1.16 bits per heavy atom. The lowest BCUT2D eigenvalue weighted by atomic mass is 10.1. The highest BCUT2D eigenvalue weighted by atomic mass is 19.2. The van der Waals surface area contributed by atoms with Crippen LogP contribution in [0.4, 0.5) is 18.9 Å². The number of carbonyl (C=O) groups excluding carboxylic acids is 2. The Labute approximate surface area is 105 Å². The van der Waals surface area contributed by atoms with Gasteiger partial charge in [0.1, 0.15) is 11.5 Å². The SMILES string of the molecule is O=C1CCC(C(=O)Nc2cc(F)c(F)cc2F)=NN1. The van der Waals surface area contributed by atoms with E-state index in [1.807, 2.05) is 0 Å². The van der Waals surface area contributed by atoms with E-state index in [1.54, 1.807) is 0 Å². The van der Waals surface area contributed by atoms with Crippen molar-refractivity contribution in [2.75, 3.05) is 5.32 Å². The van der Waals surface area contributed by atoms with Gasteiger partial charge >= 0.3 is 0 Å². The van der Waals surface area contributed by atoms with Gasteiger partial charge in [-0.25, -0.2) is 18.6 Å². The zero-order valence-electron chi connectivity index (χ0n) is 9.47. The first-order valence-corrected chi connectivity index (χ1v) is 5.28. The van der Waals surface area contributed by atoms with Crippen molar-refractivity contribution in [3.05, 3.63) is 29.6 Å². The molecule has 0 radical (unpaired) electrons. The molecule has 2 rings (SSSR count). The summed E-state index contributed by atoms with van der Waals surface area (Å²) in [5.74, 6) is -4.86. The number of nitrogens with one attached hydrogen (secondary N) is 2. The van der Waals surface area contributed by atoms with Gasteiger partial charge in [0.05, 0.1) is 5.69 Å². The molecule has 0 spiro atoms. The van der Waals surface area contributed by atoms with E-state index in [0.29, 0.717) is 12.1 Å². The van der Waals surface area contributed by atoms with Crippen molar-refractivity contribution in [1.29, 1.82) is 0 Å². The topological polar surface area (TPSA) is 70.6 Å². The van der Waals surface area contributed by atoms with Gasteiger partial charge in [0.2, 0.25) is 5.91 Å². The zero-order chi connectivity index (χ0) is 14.0. The van der Waals surface area contributed by atoms with Crippen LogP contribution < -0.4 is 10.7 Å². The Bertz CT molecular complexity index is 587. The molecule has 8 heteroatoms. The van der Waals surface area contributed by atoms with Gasteiger partial charge in [-0.05, 0) is 0 Å². The molecule has 2 amide bonds. The van der Waals surface area contributed by atoms with E-state index in [-0.39, 0.29) is 24.5 Å². The number of benzene rings is 1. The molecule has 0 aliphatic carbocycles. The maximum atomic E-state index is 13.3. The van der Waals surface area contributed by atoms with Crippen LogP contribution in [0.5, 0.6) is 0 Å². The van der Waals surface area contributed by atoms with Crippen molar-refractivity contribution in [2.45, 2.75) is 12.8 Å². The molecule has 0 bridgehead atoms. The average molecular weight is 271 g/mol. The molecule has 1 heterocycles. The van der Waals surface area contributed by atoms with Crippen LogP contribution in [0.3, 0.4) is 0 Å². The van der Waals surface area contributed by atoms with Crippen LogP contribution in [0.1, 0.15) is 12.8 Å². The average Bonchev–Trinajstić information content (AvgIpc) is 2.36. The number of hydrazone groups is 1. The fraction of sp³-hybridized carbons (Fsp3) is 0.182. The largest absolute Gasteiger partial charge is 0.318 e. The first kappa shape index (κ1) is 13.1. The van der Waals surface area contributed by atoms with Gasteiger partial charge in [0.25, 0.3) is 5.91 Å². The molecule has 1 aliphatic heterocycles. The monoisotopic (exact) mass is 271 g/mol. The summed E-state index contributed by atoms with van der Waals surface area (Å²) >= 11 is 0. The summed E-state index contributed by atoms with van der Waals surface area (Å²) in [6.07, 6.45) is 0.162. The minimum atomic E-state index is -1.35. The summed E-state index contributed by atoms with van der Waals surface area (Å²) in [6, 6.07) is 0.861. The molecule has 2 N–H and O–H groups in total. The smallest absolute Gasteiger partial charge is 0.271 e. The second-order valence-electron chi connectivity index (χ2n) is 3.79. The fourth-order valence-corrected chi connectivity index (χ4v) is 1.45. The Morgan fingerprint density at radius 2 is 1.84 bits per heavy atom. The van der Waals surface area contributed by atoms with Crippen LogP contribution in [0, 0.1) is 17.5 Å². The molecule has 0 saturated heterocycles. The summed E-state index contributed by atoms with van der Waals surface area (Å²) in [5.41, 5.74) is 1.57. The van der Waals surface area contributed by atoms with E-state index < -0.39 is 29.0 Å². The van der Waals surface area contributed by atoms with E-state index >= 15 is 0 Å². The van der Waals surface area contributed by atoms with Gasteiger partial charge in [-0.2, -0.15) is 5.10 Å².